The van der Waals surface area contributed by atoms with Crippen molar-refractivity contribution in [2.75, 3.05) is 32.8 Å². The Kier molecular flexibility index (Phi) is 7.55. The van der Waals surface area contributed by atoms with Crippen molar-refractivity contribution in [3.63, 3.8) is 0 Å². The first-order valence-electron chi connectivity index (χ1n) is 8.17. The van der Waals surface area contributed by atoms with Crippen molar-refractivity contribution in [1.29, 1.82) is 0 Å². The maximum absolute atomic E-state index is 13.4. The largest absolute Gasteiger partial charge is 0.379 e. The van der Waals surface area contributed by atoms with Gasteiger partial charge in [0.2, 0.25) is 10.0 Å². The minimum atomic E-state index is -3.83. The Morgan fingerprint density at radius 3 is 2.42 bits per heavy atom. The van der Waals surface area contributed by atoms with Crippen LogP contribution in [0.1, 0.15) is 11.6 Å². The van der Waals surface area contributed by atoms with Gasteiger partial charge in [-0.2, -0.15) is 0 Å². The molecule has 0 radical (unpaired) electrons. The van der Waals surface area contributed by atoms with Gasteiger partial charge in [-0.05, 0) is 23.8 Å². The number of nitrogens with one attached hydrogen (secondary N) is 1. The highest BCUT2D eigenvalue weighted by Crippen LogP contribution is 2.19. The van der Waals surface area contributed by atoms with E-state index < -0.39 is 21.9 Å². The lowest BCUT2D eigenvalue weighted by Crippen LogP contribution is -2.43. The summed E-state index contributed by atoms with van der Waals surface area (Å²) in [5.41, 5.74) is 0.869. The van der Waals surface area contributed by atoms with Crippen molar-refractivity contribution in [3.05, 3.63) is 66.0 Å². The molecule has 2 aromatic carbocycles. The summed E-state index contributed by atoms with van der Waals surface area (Å²) in [6.45, 7) is 3.31. The van der Waals surface area contributed by atoms with Gasteiger partial charge in [0.15, 0.2) is 0 Å². The van der Waals surface area contributed by atoms with Gasteiger partial charge in [0.25, 0.3) is 0 Å². The monoisotopic (exact) mass is 400 g/mol. The maximum Gasteiger partial charge on any atom is 0.241 e. The van der Waals surface area contributed by atoms with Crippen LogP contribution in [0.15, 0.2) is 59.5 Å². The minimum Gasteiger partial charge on any atom is -0.379 e. The zero-order valence-corrected chi connectivity index (χ0v) is 15.8. The van der Waals surface area contributed by atoms with Crippen LogP contribution in [0, 0.1) is 5.82 Å². The summed E-state index contributed by atoms with van der Waals surface area (Å²) in [6, 6.07) is 14.0. The molecule has 142 valence electrons. The van der Waals surface area contributed by atoms with E-state index >= 15 is 0 Å². The lowest BCUT2D eigenvalue weighted by atomic mass is 10.1. The normalized spacial score (nSPS) is 16.7. The SMILES string of the molecule is Cl.O=S(=O)(NC(CN1CCOCC1)c1ccccc1)c1cccc(F)c1. The van der Waals surface area contributed by atoms with Gasteiger partial charge < -0.3 is 4.74 Å². The highest BCUT2D eigenvalue weighted by Gasteiger charge is 2.24. The average Bonchev–Trinajstić information content (AvgIpc) is 2.63. The lowest BCUT2D eigenvalue weighted by molar-refractivity contribution is 0.0345. The topological polar surface area (TPSA) is 58.6 Å². The van der Waals surface area contributed by atoms with Gasteiger partial charge in [0.05, 0.1) is 24.2 Å². The fourth-order valence-electron chi connectivity index (χ4n) is 2.83. The molecule has 1 saturated heterocycles. The lowest BCUT2D eigenvalue weighted by Gasteiger charge is -2.31. The molecule has 1 aliphatic rings. The molecule has 26 heavy (non-hydrogen) atoms. The zero-order valence-electron chi connectivity index (χ0n) is 14.2. The zero-order chi connectivity index (χ0) is 17.7. The van der Waals surface area contributed by atoms with E-state index in [9.17, 15) is 12.8 Å². The van der Waals surface area contributed by atoms with Crippen molar-refractivity contribution in [3.8, 4) is 0 Å². The summed E-state index contributed by atoms with van der Waals surface area (Å²) >= 11 is 0. The Balaban J connectivity index is 0.00000243. The molecule has 0 bridgehead atoms. The molecule has 5 nitrogen and oxygen atoms in total. The van der Waals surface area contributed by atoms with E-state index in [1.807, 2.05) is 30.3 Å². The van der Waals surface area contributed by atoms with Crippen LogP contribution in [-0.4, -0.2) is 46.2 Å². The summed E-state index contributed by atoms with van der Waals surface area (Å²) in [4.78, 5) is 2.09. The Bertz CT molecular complexity index is 799. The first kappa shape index (κ1) is 20.8. The standard InChI is InChI=1S/C18H21FN2O3S.ClH/c19-16-7-4-8-17(13-16)25(22,23)20-18(15-5-2-1-3-6-15)14-21-9-11-24-12-10-21;/h1-8,13,18,20H,9-12,14H2;1H. The van der Waals surface area contributed by atoms with Gasteiger partial charge in [0, 0.05) is 19.6 Å². The number of halogens is 2. The molecule has 0 spiro atoms. The van der Waals surface area contributed by atoms with E-state index in [4.69, 9.17) is 4.74 Å². The number of ether oxygens (including phenoxy) is 1. The highest BCUT2D eigenvalue weighted by atomic mass is 35.5. The Morgan fingerprint density at radius 1 is 1.08 bits per heavy atom. The van der Waals surface area contributed by atoms with E-state index in [0.29, 0.717) is 19.8 Å². The molecule has 1 unspecified atom stereocenters. The van der Waals surface area contributed by atoms with Crippen LogP contribution in [0.4, 0.5) is 4.39 Å². The second-order valence-corrected chi connectivity index (χ2v) is 7.67. The fourth-order valence-corrected chi connectivity index (χ4v) is 4.07. The molecule has 1 heterocycles. The third-order valence-corrected chi connectivity index (χ3v) is 5.62. The molecule has 0 amide bonds. The number of rotatable bonds is 6. The molecule has 1 fully saturated rings. The van der Waals surface area contributed by atoms with Crippen molar-refractivity contribution in [1.82, 2.24) is 9.62 Å². The van der Waals surface area contributed by atoms with Crippen LogP contribution in [0.25, 0.3) is 0 Å². The first-order valence-corrected chi connectivity index (χ1v) is 9.66. The average molecular weight is 401 g/mol. The van der Waals surface area contributed by atoms with E-state index in [-0.39, 0.29) is 17.3 Å². The summed E-state index contributed by atoms with van der Waals surface area (Å²) < 4.78 is 46.9. The molecule has 1 atom stereocenters. The van der Waals surface area contributed by atoms with Crippen LogP contribution in [0.2, 0.25) is 0 Å². The van der Waals surface area contributed by atoms with Crippen LogP contribution < -0.4 is 4.72 Å². The van der Waals surface area contributed by atoms with Crippen LogP contribution >= 0.6 is 12.4 Å². The van der Waals surface area contributed by atoms with E-state index in [2.05, 4.69) is 9.62 Å². The van der Waals surface area contributed by atoms with Crippen LogP contribution in [0.5, 0.6) is 0 Å². The maximum atomic E-state index is 13.4. The van der Waals surface area contributed by atoms with Crippen molar-refractivity contribution in [2.24, 2.45) is 0 Å². The van der Waals surface area contributed by atoms with Gasteiger partial charge >= 0.3 is 0 Å². The Hall–Kier alpha value is -1.51. The molecular formula is C18H22ClFN2O3S. The van der Waals surface area contributed by atoms with Gasteiger partial charge in [-0.15, -0.1) is 12.4 Å². The van der Waals surface area contributed by atoms with Crippen LogP contribution in [-0.2, 0) is 14.8 Å². The Morgan fingerprint density at radius 2 is 1.77 bits per heavy atom. The number of sulfonamides is 1. The number of hydrogen-bond acceptors (Lipinski definition) is 4. The van der Waals surface area contributed by atoms with Gasteiger partial charge in [0.1, 0.15) is 5.82 Å². The van der Waals surface area contributed by atoms with Crippen molar-refractivity contribution in [2.45, 2.75) is 10.9 Å². The number of benzene rings is 2. The third kappa shape index (κ3) is 5.49. The number of morpholine rings is 1. The summed E-state index contributed by atoms with van der Waals surface area (Å²) in [5, 5.41) is 0. The minimum absolute atomic E-state index is 0. The quantitative estimate of drug-likeness (QED) is 0.809. The summed E-state index contributed by atoms with van der Waals surface area (Å²) in [6.07, 6.45) is 0. The highest BCUT2D eigenvalue weighted by molar-refractivity contribution is 7.89. The third-order valence-electron chi connectivity index (χ3n) is 4.15. The fraction of sp³-hybridized carbons (Fsp3) is 0.333. The first-order chi connectivity index (χ1) is 12.0. The molecule has 0 aliphatic carbocycles. The summed E-state index contributed by atoms with van der Waals surface area (Å²) in [5.74, 6) is -0.577. The number of nitrogens with zero attached hydrogens (tertiary/aromatic N) is 1. The molecule has 1 N–H and O–H groups in total. The second kappa shape index (κ2) is 9.43. The van der Waals surface area contributed by atoms with Gasteiger partial charge in [-0.3, -0.25) is 4.90 Å². The smallest absolute Gasteiger partial charge is 0.241 e. The van der Waals surface area contributed by atoms with Crippen molar-refractivity contribution >= 4 is 22.4 Å². The molecule has 0 aromatic heterocycles. The molecule has 1 aliphatic heterocycles. The van der Waals surface area contributed by atoms with Gasteiger partial charge in [-0.25, -0.2) is 17.5 Å². The Labute approximate surface area is 159 Å². The van der Waals surface area contributed by atoms with Crippen molar-refractivity contribution < 1.29 is 17.5 Å². The molecule has 0 saturated carbocycles. The predicted octanol–water partition coefficient (Wildman–Crippen LogP) is 2.60. The molecule has 8 heteroatoms. The van der Waals surface area contributed by atoms with E-state index in [1.54, 1.807) is 0 Å². The summed E-state index contributed by atoms with van der Waals surface area (Å²) in [7, 11) is -3.83. The van der Waals surface area contributed by atoms with Gasteiger partial charge in [-0.1, -0.05) is 36.4 Å². The van der Waals surface area contributed by atoms with E-state index in [0.717, 1.165) is 24.7 Å². The second-order valence-electron chi connectivity index (χ2n) is 5.95. The molecular weight excluding hydrogens is 379 g/mol. The molecule has 2 aromatic rings. The van der Waals surface area contributed by atoms with Crippen LogP contribution in [0.3, 0.4) is 0 Å². The predicted molar refractivity (Wildman–Crippen MR) is 100 cm³/mol. The number of hydrogen-bond donors (Lipinski definition) is 1. The van der Waals surface area contributed by atoms with E-state index in [1.165, 1.54) is 18.2 Å². The molecule has 3 rings (SSSR count).